The molecule has 4 nitrogen and oxygen atoms in total. The Kier molecular flexibility index (Phi) is 7.50. The lowest BCUT2D eigenvalue weighted by atomic mass is 9.97. The first kappa shape index (κ1) is 19.4. The van der Waals surface area contributed by atoms with Crippen LogP contribution < -0.4 is 10.1 Å². The molecule has 2 N–H and O–H groups in total. The standard InChI is InChI=1S/C21H30N2O2S/c1-17-9-11-23(12-10-17)20(21-8-5-13-26-21)15-22-14-18(24)16-25-19-6-3-2-4-7-19/h2-8,13,17-18,20,22,24H,9-12,14-16H2,1H3. The number of hydrogen-bond acceptors (Lipinski definition) is 5. The SMILES string of the molecule is CC1CCN(C(CNCC(O)COc2ccccc2)c2cccs2)CC1. The lowest BCUT2D eigenvalue weighted by molar-refractivity contribution is 0.0985. The molecule has 26 heavy (non-hydrogen) atoms. The molecule has 2 aromatic rings. The van der Waals surface area contributed by atoms with E-state index in [4.69, 9.17) is 4.74 Å². The van der Waals surface area contributed by atoms with Crippen molar-refractivity contribution in [1.82, 2.24) is 10.2 Å². The van der Waals surface area contributed by atoms with Gasteiger partial charge in [-0.25, -0.2) is 0 Å². The van der Waals surface area contributed by atoms with Gasteiger partial charge in [-0.15, -0.1) is 11.3 Å². The summed E-state index contributed by atoms with van der Waals surface area (Å²) in [5.41, 5.74) is 0. The molecule has 1 aliphatic rings. The van der Waals surface area contributed by atoms with Crippen LogP contribution in [0.1, 0.15) is 30.7 Å². The van der Waals surface area contributed by atoms with Crippen molar-refractivity contribution in [3.05, 3.63) is 52.7 Å². The maximum atomic E-state index is 10.2. The Morgan fingerprint density at radius 2 is 1.92 bits per heavy atom. The number of aliphatic hydroxyl groups excluding tert-OH is 1. The molecule has 2 atom stereocenters. The maximum absolute atomic E-state index is 10.2. The Balaban J connectivity index is 1.45. The van der Waals surface area contributed by atoms with Gasteiger partial charge in [0.1, 0.15) is 18.5 Å². The van der Waals surface area contributed by atoms with Crippen molar-refractivity contribution in [2.75, 3.05) is 32.8 Å². The second kappa shape index (κ2) is 10.1. The summed E-state index contributed by atoms with van der Waals surface area (Å²) in [7, 11) is 0. The van der Waals surface area contributed by atoms with Crippen LogP contribution in [0.4, 0.5) is 0 Å². The van der Waals surface area contributed by atoms with Gasteiger partial charge in [-0.2, -0.15) is 0 Å². The number of benzene rings is 1. The van der Waals surface area contributed by atoms with Gasteiger partial charge in [0.15, 0.2) is 0 Å². The van der Waals surface area contributed by atoms with Crippen LogP contribution in [0.2, 0.25) is 0 Å². The molecular formula is C21H30N2O2S. The predicted octanol–water partition coefficient (Wildman–Crippen LogP) is 3.55. The number of thiophene rings is 1. The van der Waals surface area contributed by atoms with Crippen LogP contribution in [0.5, 0.6) is 5.75 Å². The molecular weight excluding hydrogens is 344 g/mol. The average molecular weight is 375 g/mol. The summed E-state index contributed by atoms with van der Waals surface area (Å²) in [5, 5.41) is 15.8. The molecule has 0 radical (unpaired) electrons. The molecule has 5 heteroatoms. The van der Waals surface area contributed by atoms with Gasteiger partial charge in [0.2, 0.25) is 0 Å². The molecule has 0 spiro atoms. The van der Waals surface area contributed by atoms with Crippen LogP contribution in [0, 0.1) is 5.92 Å². The van der Waals surface area contributed by atoms with E-state index in [1.165, 1.54) is 17.7 Å². The van der Waals surface area contributed by atoms with Gasteiger partial charge in [0, 0.05) is 18.0 Å². The quantitative estimate of drug-likeness (QED) is 0.705. The summed E-state index contributed by atoms with van der Waals surface area (Å²) in [6.45, 7) is 6.37. The number of para-hydroxylation sites is 1. The Labute approximate surface area is 160 Å². The van der Waals surface area contributed by atoms with Crippen LogP contribution in [-0.2, 0) is 0 Å². The molecule has 0 saturated carbocycles. The molecule has 2 unspecified atom stereocenters. The van der Waals surface area contributed by atoms with E-state index in [0.717, 1.165) is 31.3 Å². The fourth-order valence-corrected chi connectivity index (χ4v) is 4.25. The number of likely N-dealkylation sites (tertiary alicyclic amines) is 1. The molecule has 142 valence electrons. The molecule has 0 aliphatic carbocycles. The molecule has 3 rings (SSSR count). The molecule has 1 saturated heterocycles. The van der Waals surface area contributed by atoms with E-state index >= 15 is 0 Å². The van der Waals surface area contributed by atoms with Crippen LogP contribution >= 0.6 is 11.3 Å². The van der Waals surface area contributed by atoms with Crippen molar-refractivity contribution < 1.29 is 9.84 Å². The van der Waals surface area contributed by atoms with Crippen molar-refractivity contribution in [2.45, 2.75) is 31.9 Å². The second-order valence-corrected chi connectivity index (χ2v) is 8.17. The first-order valence-electron chi connectivity index (χ1n) is 9.56. The normalized spacial score (nSPS) is 18.5. The predicted molar refractivity (Wildman–Crippen MR) is 108 cm³/mol. The number of hydrogen-bond donors (Lipinski definition) is 2. The van der Waals surface area contributed by atoms with Gasteiger partial charge in [0.25, 0.3) is 0 Å². The molecule has 1 aromatic heterocycles. The highest BCUT2D eigenvalue weighted by atomic mass is 32.1. The van der Waals surface area contributed by atoms with E-state index < -0.39 is 6.10 Å². The average Bonchev–Trinajstić information content (AvgIpc) is 3.20. The van der Waals surface area contributed by atoms with E-state index in [0.29, 0.717) is 19.2 Å². The highest BCUT2D eigenvalue weighted by molar-refractivity contribution is 7.10. The zero-order valence-corrected chi connectivity index (χ0v) is 16.3. The first-order chi connectivity index (χ1) is 12.7. The van der Waals surface area contributed by atoms with Gasteiger partial charge in [-0.3, -0.25) is 4.90 Å². The van der Waals surface area contributed by atoms with Crippen molar-refractivity contribution in [2.24, 2.45) is 5.92 Å². The van der Waals surface area contributed by atoms with Gasteiger partial charge in [-0.1, -0.05) is 31.2 Å². The number of nitrogens with zero attached hydrogens (tertiary/aromatic N) is 1. The van der Waals surface area contributed by atoms with Gasteiger partial charge >= 0.3 is 0 Å². The summed E-state index contributed by atoms with van der Waals surface area (Å²) in [5.74, 6) is 1.63. The number of nitrogens with one attached hydrogen (secondary N) is 1. The lowest BCUT2D eigenvalue weighted by Crippen LogP contribution is -2.42. The largest absolute Gasteiger partial charge is 0.491 e. The lowest BCUT2D eigenvalue weighted by Gasteiger charge is -2.36. The number of rotatable bonds is 9. The number of aliphatic hydroxyl groups is 1. The minimum atomic E-state index is -0.513. The smallest absolute Gasteiger partial charge is 0.119 e. The van der Waals surface area contributed by atoms with Crippen LogP contribution in [0.25, 0.3) is 0 Å². The van der Waals surface area contributed by atoms with Crippen LogP contribution in [0.15, 0.2) is 47.8 Å². The third-order valence-electron chi connectivity index (χ3n) is 5.03. The highest BCUT2D eigenvalue weighted by Gasteiger charge is 2.25. The summed E-state index contributed by atoms with van der Waals surface area (Å²) < 4.78 is 5.63. The minimum absolute atomic E-state index is 0.307. The summed E-state index contributed by atoms with van der Waals surface area (Å²) in [6.07, 6.45) is 2.03. The van der Waals surface area contributed by atoms with Crippen molar-refractivity contribution in [3.63, 3.8) is 0 Å². The zero-order chi connectivity index (χ0) is 18.2. The van der Waals surface area contributed by atoms with E-state index in [-0.39, 0.29) is 0 Å². The van der Waals surface area contributed by atoms with E-state index in [1.807, 2.05) is 41.7 Å². The Morgan fingerprint density at radius 1 is 1.15 bits per heavy atom. The van der Waals surface area contributed by atoms with Gasteiger partial charge in [0.05, 0.1) is 6.04 Å². The molecule has 0 bridgehead atoms. The topological polar surface area (TPSA) is 44.7 Å². The highest BCUT2D eigenvalue weighted by Crippen LogP contribution is 2.29. The minimum Gasteiger partial charge on any atom is -0.491 e. The summed E-state index contributed by atoms with van der Waals surface area (Å²) in [4.78, 5) is 3.99. The van der Waals surface area contributed by atoms with Crippen molar-refractivity contribution in [1.29, 1.82) is 0 Å². The summed E-state index contributed by atoms with van der Waals surface area (Å²) >= 11 is 1.82. The molecule has 1 aliphatic heterocycles. The van der Waals surface area contributed by atoms with E-state index in [1.54, 1.807) is 0 Å². The third kappa shape index (κ3) is 5.81. The van der Waals surface area contributed by atoms with Gasteiger partial charge in [-0.05, 0) is 55.4 Å². The number of piperidine rings is 1. The van der Waals surface area contributed by atoms with Gasteiger partial charge < -0.3 is 15.2 Å². The monoisotopic (exact) mass is 374 g/mol. The Hall–Kier alpha value is -1.40. The molecule has 0 amide bonds. The Bertz CT molecular complexity index is 612. The fraction of sp³-hybridized carbons (Fsp3) is 0.524. The third-order valence-corrected chi connectivity index (χ3v) is 6.01. The maximum Gasteiger partial charge on any atom is 0.119 e. The Morgan fingerprint density at radius 3 is 2.62 bits per heavy atom. The molecule has 2 heterocycles. The summed E-state index contributed by atoms with van der Waals surface area (Å²) in [6, 6.07) is 14.4. The van der Waals surface area contributed by atoms with Crippen LogP contribution in [0.3, 0.4) is 0 Å². The van der Waals surface area contributed by atoms with Crippen molar-refractivity contribution >= 4 is 11.3 Å². The molecule has 1 aromatic carbocycles. The first-order valence-corrected chi connectivity index (χ1v) is 10.4. The zero-order valence-electron chi connectivity index (χ0n) is 15.5. The second-order valence-electron chi connectivity index (χ2n) is 7.19. The van der Waals surface area contributed by atoms with Crippen molar-refractivity contribution in [3.8, 4) is 5.75 Å². The number of ether oxygens (including phenoxy) is 1. The fourth-order valence-electron chi connectivity index (χ4n) is 3.39. The molecule has 1 fully saturated rings. The van der Waals surface area contributed by atoms with E-state index in [9.17, 15) is 5.11 Å². The van der Waals surface area contributed by atoms with Crippen LogP contribution in [-0.4, -0.2) is 48.9 Å². The van der Waals surface area contributed by atoms with E-state index in [2.05, 4.69) is 34.7 Å².